The first-order valence-corrected chi connectivity index (χ1v) is 5.94. The minimum absolute atomic E-state index is 0.0513. The van der Waals surface area contributed by atoms with Gasteiger partial charge in [-0.3, -0.25) is 0 Å². The van der Waals surface area contributed by atoms with Gasteiger partial charge in [0.05, 0.1) is 13.2 Å². The fraction of sp³-hybridized carbons (Fsp3) is 0.538. The first-order chi connectivity index (χ1) is 8.26. The van der Waals surface area contributed by atoms with E-state index in [4.69, 9.17) is 19.9 Å². The van der Waals surface area contributed by atoms with E-state index in [-0.39, 0.29) is 5.41 Å². The zero-order chi connectivity index (χ0) is 11.9. The Kier molecular flexibility index (Phi) is 2.49. The van der Waals surface area contributed by atoms with E-state index in [1.165, 1.54) is 5.56 Å². The molecule has 4 nitrogen and oxygen atoms in total. The van der Waals surface area contributed by atoms with E-state index in [9.17, 15) is 0 Å². The van der Waals surface area contributed by atoms with Crippen LogP contribution in [0.5, 0.6) is 11.5 Å². The van der Waals surface area contributed by atoms with Crippen molar-refractivity contribution in [2.24, 2.45) is 11.7 Å². The fourth-order valence-corrected chi connectivity index (χ4v) is 2.49. The minimum Gasteiger partial charge on any atom is -0.454 e. The summed E-state index contributed by atoms with van der Waals surface area (Å²) in [5, 5.41) is 0. The van der Waals surface area contributed by atoms with Crippen molar-refractivity contribution >= 4 is 0 Å². The van der Waals surface area contributed by atoms with E-state index in [1.54, 1.807) is 0 Å². The molecule has 92 valence electrons. The SMILES string of the molecule is CC(CN)C1(c2ccc3c(c2)OCO3)COC1. The Morgan fingerprint density at radius 2 is 2.06 bits per heavy atom. The van der Waals surface area contributed by atoms with Gasteiger partial charge in [-0.2, -0.15) is 0 Å². The smallest absolute Gasteiger partial charge is 0.231 e. The molecule has 0 amide bonds. The van der Waals surface area contributed by atoms with Crippen LogP contribution in [0.2, 0.25) is 0 Å². The molecule has 1 saturated heterocycles. The Labute approximate surface area is 101 Å². The van der Waals surface area contributed by atoms with Crippen molar-refractivity contribution < 1.29 is 14.2 Å². The van der Waals surface area contributed by atoms with E-state index in [2.05, 4.69) is 19.1 Å². The van der Waals surface area contributed by atoms with E-state index in [0.717, 1.165) is 24.7 Å². The molecule has 4 heteroatoms. The van der Waals surface area contributed by atoms with Crippen LogP contribution in [0, 0.1) is 5.92 Å². The molecule has 1 unspecified atom stereocenters. The molecule has 2 aliphatic heterocycles. The molecule has 0 aliphatic carbocycles. The number of nitrogens with two attached hydrogens (primary N) is 1. The predicted molar refractivity (Wildman–Crippen MR) is 63.3 cm³/mol. The standard InChI is InChI=1S/C13H17NO3/c1-9(5-14)13(6-15-7-13)10-2-3-11-12(4-10)17-8-16-11/h2-4,9H,5-8,14H2,1H3. The Hall–Kier alpha value is -1.26. The zero-order valence-electron chi connectivity index (χ0n) is 9.94. The highest BCUT2D eigenvalue weighted by molar-refractivity contribution is 5.47. The van der Waals surface area contributed by atoms with Gasteiger partial charge in [0.15, 0.2) is 11.5 Å². The average Bonchev–Trinajstić information content (AvgIpc) is 2.74. The van der Waals surface area contributed by atoms with Crippen molar-refractivity contribution in [2.75, 3.05) is 26.6 Å². The normalized spacial score (nSPS) is 22.0. The molecule has 0 saturated carbocycles. The largest absolute Gasteiger partial charge is 0.454 e. The van der Waals surface area contributed by atoms with Gasteiger partial charge in [0.2, 0.25) is 6.79 Å². The van der Waals surface area contributed by atoms with Gasteiger partial charge in [0.1, 0.15) is 0 Å². The first-order valence-electron chi connectivity index (χ1n) is 5.94. The minimum atomic E-state index is 0.0513. The predicted octanol–water partition coefficient (Wildman–Crippen LogP) is 1.28. The molecule has 0 bridgehead atoms. The highest BCUT2D eigenvalue weighted by Gasteiger charge is 2.45. The Morgan fingerprint density at radius 1 is 1.29 bits per heavy atom. The highest BCUT2D eigenvalue weighted by Crippen LogP contribution is 2.43. The summed E-state index contributed by atoms with van der Waals surface area (Å²) in [6, 6.07) is 6.14. The molecule has 2 heterocycles. The van der Waals surface area contributed by atoms with Gasteiger partial charge in [-0.1, -0.05) is 13.0 Å². The Bertz CT molecular complexity index is 429. The number of ether oxygens (including phenoxy) is 3. The summed E-state index contributed by atoms with van der Waals surface area (Å²) in [6.45, 7) is 4.63. The fourth-order valence-electron chi connectivity index (χ4n) is 2.49. The average molecular weight is 235 g/mol. The second-order valence-electron chi connectivity index (χ2n) is 4.85. The summed E-state index contributed by atoms with van der Waals surface area (Å²) >= 11 is 0. The van der Waals surface area contributed by atoms with Gasteiger partial charge in [-0.25, -0.2) is 0 Å². The van der Waals surface area contributed by atoms with Crippen molar-refractivity contribution in [3.8, 4) is 11.5 Å². The van der Waals surface area contributed by atoms with Gasteiger partial charge in [0.25, 0.3) is 0 Å². The molecule has 3 rings (SSSR count). The molecule has 1 aromatic carbocycles. The summed E-state index contributed by atoms with van der Waals surface area (Å²) in [5.41, 5.74) is 7.10. The van der Waals surface area contributed by atoms with Crippen LogP contribution in [0.3, 0.4) is 0 Å². The molecule has 2 N–H and O–H groups in total. The summed E-state index contributed by atoms with van der Waals surface area (Å²) < 4.78 is 16.2. The van der Waals surface area contributed by atoms with Crippen molar-refractivity contribution in [1.29, 1.82) is 0 Å². The van der Waals surface area contributed by atoms with Crippen LogP contribution in [0.4, 0.5) is 0 Å². The lowest BCUT2D eigenvalue weighted by molar-refractivity contribution is -0.0854. The maximum atomic E-state index is 5.81. The number of rotatable bonds is 3. The summed E-state index contributed by atoms with van der Waals surface area (Å²) in [4.78, 5) is 0. The lowest BCUT2D eigenvalue weighted by Crippen LogP contribution is -2.53. The summed E-state index contributed by atoms with van der Waals surface area (Å²) in [5.74, 6) is 2.05. The Balaban J connectivity index is 1.97. The maximum absolute atomic E-state index is 5.81. The summed E-state index contributed by atoms with van der Waals surface area (Å²) in [7, 11) is 0. The number of hydrogen-bond acceptors (Lipinski definition) is 4. The van der Waals surface area contributed by atoms with Crippen LogP contribution >= 0.6 is 0 Å². The monoisotopic (exact) mass is 235 g/mol. The van der Waals surface area contributed by atoms with E-state index >= 15 is 0 Å². The van der Waals surface area contributed by atoms with E-state index < -0.39 is 0 Å². The van der Waals surface area contributed by atoms with Crippen molar-refractivity contribution in [3.63, 3.8) is 0 Å². The van der Waals surface area contributed by atoms with Crippen LogP contribution in [-0.4, -0.2) is 26.6 Å². The third kappa shape index (κ3) is 1.51. The van der Waals surface area contributed by atoms with Gasteiger partial charge >= 0.3 is 0 Å². The first kappa shape index (κ1) is 10.9. The lowest BCUT2D eigenvalue weighted by Gasteiger charge is -2.46. The lowest BCUT2D eigenvalue weighted by atomic mass is 9.69. The highest BCUT2D eigenvalue weighted by atomic mass is 16.7. The number of benzene rings is 1. The molecule has 0 radical (unpaired) electrons. The van der Waals surface area contributed by atoms with Gasteiger partial charge in [-0.05, 0) is 30.2 Å². The van der Waals surface area contributed by atoms with Crippen molar-refractivity contribution in [2.45, 2.75) is 12.3 Å². The topological polar surface area (TPSA) is 53.7 Å². The van der Waals surface area contributed by atoms with Gasteiger partial charge < -0.3 is 19.9 Å². The van der Waals surface area contributed by atoms with Crippen molar-refractivity contribution in [1.82, 2.24) is 0 Å². The number of fused-ring (bicyclic) bond motifs is 1. The van der Waals surface area contributed by atoms with E-state index in [1.807, 2.05) is 6.07 Å². The van der Waals surface area contributed by atoms with Crippen LogP contribution in [0.1, 0.15) is 12.5 Å². The molecule has 1 aromatic rings. The second-order valence-corrected chi connectivity index (χ2v) is 4.85. The van der Waals surface area contributed by atoms with Crippen LogP contribution in [0.25, 0.3) is 0 Å². The number of hydrogen-bond donors (Lipinski definition) is 1. The molecule has 1 atom stereocenters. The second kappa shape index (κ2) is 3.89. The molecule has 0 aromatic heterocycles. The maximum Gasteiger partial charge on any atom is 0.231 e. The quantitative estimate of drug-likeness (QED) is 0.857. The van der Waals surface area contributed by atoms with Gasteiger partial charge in [0, 0.05) is 5.41 Å². The van der Waals surface area contributed by atoms with Crippen LogP contribution in [0.15, 0.2) is 18.2 Å². The van der Waals surface area contributed by atoms with Crippen LogP contribution < -0.4 is 15.2 Å². The molecule has 17 heavy (non-hydrogen) atoms. The summed E-state index contributed by atoms with van der Waals surface area (Å²) in [6.07, 6.45) is 0. The molecule has 0 spiro atoms. The molecular weight excluding hydrogens is 218 g/mol. The molecular formula is C13H17NO3. The zero-order valence-corrected chi connectivity index (χ0v) is 9.94. The Morgan fingerprint density at radius 3 is 2.71 bits per heavy atom. The third-order valence-electron chi connectivity index (χ3n) is 3.96. The third-order valence-corrected chi connectivity index (χ3v) is 3.96. The van der Waals surface area contributed by atoms with E-state index in [0.29, 0.717) is 19.3 Å². The molecule has 1 fully saturated rings. The van der Waals surface area contributed by atoms with Crippen LogP contribution in [-0.2, 0) is 10.2 Å². The van der Waals surface area contributed by atoms with Crippen molar-refractivity contribution in [3.05, 3.63) is 23.8 Å². The molecule has 2 aliphatic rings. The van der Waals surface area contributed by atoms with Gasteiger partial charge in [-0.15, -0.1) is 0 Å².